The van der Waals surface area contributed by atoms with E-state index in [0.29, 0.717) is 13.1 Å². The van der Waals surface area contributed by atoms with Crippen molar-refractivity contribution < 1.29 is 8.42 Å². The molecule has 0 fully saturated rings. The van der Waals surface area contributed by atoms with Crippen LogP contribution in [0.4, 0.5) is 0 Å². The summed E-state index contributed by atoms with van der Waals surface area (Å²) in [7, 11) is -3.10. The van der Waals surface area contributed by atoms with Crippen LogP contribution in [0.5, 0.6) is 0 Å². The maximum Gasteiger partial charge on any atom is 0.211 e. The number of rotatable bonds is 7. The fourth-order valence-electron chi connectivity index (χ4n) is 1.11. The van der Waals surface area contributed by atoms with Gasteiger partial charge in [0.15, 0.2) is 0 Å². The fourth-order valence-corrected chi connectivity index (χ4v) is 2.75. The Morgan fingerprint density at radius 3 is 2.14 bits per heavy atom. The molecule has 6 heteroatoms. The third-order valence-electron chi connectivity index (χ3n) is 2.08. The van der Waals surface area contributed by atoms with Gasteiger partial charge in [0.2, 0.25) is 10.0 Å². The predicted octanol–water partition coefficient (Wildman–Crippen LogP) is 0.722. The van der Waals surface area contributed by atoms with Crippen LogP contribution < -0.4 is 10.5 Å². The molecule has 0 aliphatic rings. The van der Waals surface area contributed by atoms with E-state index < -0.39 is 10.0 Å². The first-order valence-corrected chi connectivity index (χ1v) is 6.38. The summed E-state index contributed by atoms with van der Waals surface area (Å²) in [5, 5.41) is 0. The second kappa shape index (κ2) is 8.47. The van der Waals surface area contributed by atoms with Crippen LogP contribution >= 0.6 is 12.4 Å². The predicted molar refractivity (Wildman–Crippen MR) is 62.2 cm³/mol. The molecule has 14 heavy (non-hydrogen) atoms. The van der Waals surface area contributed by atoms with Crippen LogP contribution in [-0.2, 0) is 10.0 Å². The van der Waals surface area contributed by atoms with Crippen LogP contribution in [-0.4, -0.2) is 27.3 Å². The van der Waals surface area contributed by atoms with Crippen LogP contribution in [0.3, 0.4) is 0 Å². The molecule has 0 aliphatic carbocycles. The summed E-state index contributed by atoms with van der Waals surface area (Å²) in [5.74, 6) is 0.482. The number of nitrogens with two attached hydrogens (primary N) is 1. The number of nitrogens with one attached hydrogen (secondary N) is 1. The van der Waals surface area contributed by atoms with Crippen LogP contribution in [0.15, 0.2) is 0 Å². The standard InChI is InChI=1S/C8H20N2O2S.ClH/c1-3-8(4-2)7-13(11,12)10-6-5-9;/h8,10H,3-7,9H2,1-2H3;1H. The third-order valence-corrected chi connectivity index (χ3v) is 3.63. The first-order valence-electron chi connectivity index (χ1n) is 4.73. The largest absolute Gasteiger partial charge is 0.329 e. The molecule has 0 bridgehead atoms. The molecule has 0 saturated heterocycles. The van der Waals surface area contributed by atoms with Crippen molar-refractivity contribution in [1.29, 1.82) is 0 Å². The number of sulfonamides is 1. The van der Waals surface area contributed by atoms with E-state index in [-0.39, 0.29) is 24.1 Å². The number of halogens is 1. The fraction of sp³-hybridized carbons (Fsp3) is 1.00. The molecule has 3 N–H and O–H groups in total. The summed E-state index contributed by atoms with van der Waals surface area (Å²) >= 11 is 0. The lowest BCUT2D eigenvalue weighted by Gasteiger charge is -2.12. The topological polar surface area (TPSA) is 72.2 Å². The Balaban J connectivity index is 0. The average molecular weight is 245 g/mol. The Kier molecular flexibility index (Phi) is 10.0. The highest BCUT2D eigenvalue weighted by Gasteiger charge is 2.15. The van der Waals surface area contributed by atoms with Crippen molar-refractivity contribution in [2.75, 3.05) is 18.8 Å². The van der Waals surface area contributed by atoms with Crippen LogP contribution in [0.1, 0.15) is 26.7 Å². The summed E-state index contributed by atoms with van der Waals surface area (Å²) in [4.78, 5) is 0. The van der Waals surface area contributed by atoms with Gasteiger partial charge in [-0.3, -0.25) is 0 Å². The van der Waals surface area contributed by atoms with Gasteiger partial charge in [-0.2, -0.15) is 0 Å². The Morgan fingerprint density at radius 1 is 1.29 bits per heavy atom. The van der Waals surface area contributed by atoms with Crippen LogP contribution in [0.25, 0.3) is 0 Å². The van der Waals surface area contributed by atoms with E-state index >= 15 is 0 Å². The molecule has 88 valence electrons. The van der Waals surface area contributed by atoms with E-state index in [4.69, 9.17) is 5.73 Å². The lowest BCUT2D eigenvalue weighted by atomic mass is 10.1. The molecule has 0 heterocycles. The first-order chi connectivity index (χ1) is 6.05. The van der Waals surface area contributed by atoms with Gasteiger partial charge in [-0.1, -0.05) is 26.7 Å². The Labute approximate surface area is 93.1 Å². The average Bonchev–Trinajstić information content (AvgIpc) is 2.11. The molecular weight excluding hydrogens is 224 g/mol. The highest BCUT2D eigenvalue weighted by atomic mass is 35.5. The Bertz CT molecular complexity index is 215. The normalized spacial score (nSPS) is 11.4. The van der Waals surface area contributed by atoms with E-state index in [2.05, 4.69) is 4.72 Å². The quantitative estimate of drug-likeness (QED) is 0.693. The molecule has 0 aromatic heterocycles. The molecule has 0 aromatic carbocycles. The van der Waals surface area contributed by atoms with E-state index in [9.17, 15) is 8.42 Å². The van der Waals surface area contributed by atoms with Gasteiger partial charge < -0.3 is 5.73 Å². The van der Waals surface area contributed by atoms with E-state index in [1.165, 1.54) is 0 Å². The van der Waals surface area contributed by atoms with Gasteiger partial charge in [-0.15, -0.1) is 12.4 Å². The van der Waals surface area contributed by atoms with Gasteiger partial charge in [0.05, 0.1) is 5.75 Å². The first kappa shape index (κ1) is 16.6. The molecule has 0 atom stereocenters. The number of hydrogen-bond donors (Lipinski definition) is 2. The van der Waals surface area contributed by atoms with Crippen molar-refractivity contribution in [3.8, 4) is 0 Å². The molecule has 0 rings (SSSR count). The summed E-state index contributed by atoms with van der Waals surface area (Å²) in [6.07, 6.45) is 1.81. The van der Waals surface area contributed by atoms with Gasteiger partial charge >= 0.3 is 0 Å². The zero-order chi connectivity index (χ0) is 10.3. The maximum atomic E-state index is 11.4. The zero-order valence-electron chi connectivity index (χ0n) is 8.82. The molecular formula is C8H21ClN2O2S. The van der Waals surface area contributed by atoms with Crippen LogP contribution in [0.2, 0.25) is 0 Å². The van der Waals surface area contributed by atoms with Crippen molar-refractivity contribution in [2.24, 2.45) is 11.7 Å². The minimum atomic E-state index is -3.10. The van der Waals surface area contributed by atoms with Crippen molar-refractivity contribution in [1.82, 2.24) is 4.72 Å². The minimum absolute atomic E-state index is 0. The second-order valence-corrected chi connectivity index (χ2v) is 5.00. The van der Waals surface area contributed by atoms with Gasteiger partial charge in [0.1, 0.15) is 0 Å². The summed E-state index contributed by atoms with van der Waals surface area (Å²) in [6, 6.07) is 0. The van der Waals surface area contributed by atoms with E-state index in [1.54, 1.807) is 0 Å². The molecule has 0 unspecified atom stereocenters. The SMILES string of the molecule is CCC(CC)CS(=O)(=O)NCCN.Cl. The van der Waals surface area contributed by atoms with Gasteiger partial charge in [0, 0.05) is 13.1 Å². The van der Waals surface area contributed by atoms with Gasteiger partial charge in [-0.05, 0) is 5.92 Å². The van der Waals surface area contributed by atoms with Crippen molar-refractivity contribution in [3.05, 3.63) is 0 Å². The summed E-state index contributed by atoms with van der Waals surface area (Å²) in [5.41, 5.74) is 5.20. The monoisotopic (exact) mass is 244 g/mol. The van der Waals surface area contributed by atoms with Gasteiger partial charge in [-0.25, -0.2) is 13.1 Å². The summed E-state index contributed by atoms with van der Waals surface area (Å²) < 4.78 is 25.2. The van der Waals surface area contributed by atoms with Crippen molar-refractivity contribution in [3.63, 3.8) is 0 Å². The van der Waals surface area contributed by atoms with E-state index in [1.807, 2.05) is 13.8 Å². The molecule has 0 aliphatic heterocycles. The second-order valence-electron chi connectivity index (χ2n) is 3.15. The van der Waals surface area contributed by atoms with Gasteiger partial charge in [0.25, 0.3) is 0 Å². The number of hydrogen-bond acceptors (Lipinski definition) is 3. The maximum absolute atomic E-state index is 11.4. The van der Waals surface area contributed by atoms with Crippen molar-refractivity contribution in [2.45, 2.75) is 26.7 Å². The van der Waals surface area contributed by atoms with E-state index in [0.717, 1.165) is 12.8 Å². The minimum Gasteiger partial charge on any atom is -0.329 e. The smallest absolute Gasteiger partial charge is 0.211 e. The summed E-state index contributed by atoms with van der Waals surface area (Å²) in [6.45, 7) is 4.70. The molecule has 0 saturated carbocycles. The molecule has 4 nitrogen and oxygen atoms in total. The molecule has 0 aromatic rings. The lowest BCUT2D eigenvalue weighted by Crippen LogP contribution is -2.33. The lowest BCUT2D eigenvalue weighted by molar-refractivity contribution is 0.517. The molecule has 0 radical (unpaired) electrons. The highest BCUT2D eigenvalue weighted by Crippen LogP contribution is 2.09. The zero-order valence-corrected chi connectivity index (χ0v) is 10.5. The van der Waals surface area contributed by atoms with Crippen LogP contribution in [0, 0.1) is 5.92 Å². The Hall–Kier alpha value is 0.160. The van der Waals surface area contributed by atoms with Crippen molar-refractivity contribution >= 4 is 22.4 Å². The highest BCUT2D eigenvalue weighted by molar-refractivity contribution is 7.89. The third kappa shape index (κ3) is 7.55. The molecule has 0 spiro atoms. The Morgan fingerprint density at radius 2 is 1.79 bits per heavy atom. The molecule has 0 amide bonds.